The number of aromatic nitrogens is 2. The van der Waals surface area contributed by atoms with E-state index in [4.69, 9.17) is 4.98 Å². The maximum absolute atomic E-state index is 13.3. The van der Waals surface area contributed by atoms with Gasteiger partial charge in [0.25, 0.3) is 0 Å². The zero-order valence-corrected chi connectivity index (χ0v) is 11.5. The van der Waals surface area contributed by atoms with E-state index in [9.17, 15) is 4.39 Å². The highest BCUT2D eigenvalue weighted by Gasteiger charge is 2.55. The number of nitrogens with zero attached hydrogens (tertiary/aromatic N) is 1. The Morgan fingerprint density at radius 2 is 2.00 bits per heavy atom. The van der Waals surface area contributed by atoms with Crippen molar-refractivity contribution in [1.29, 1.82) is 0 Å². The average molecular weight is 278 g/mol. The lowest BCUT2D eigenvalue weighted by molar-refractivity contribution is 0.629. The van der Waals surface area contributed by atoms with Gasteiger partial charge in [0.15, 0.2) is 0 Å². The molecule has 2 aliphatic rings. The summed E-state index contributed by atoms with van der Waals surface area (Å²) < 4.78 is 13.3. The monoisotopic (exact) mass is 278 g/mol. The van der Waals surface area contributed by atoms with Crippen molar-refractivity contribution in [1.82, 2.24) is 9.97 Å². The van der Waals surface area contributed by atoms with Gasteiger partial charge >= 0.3 is 0 Å². The second-order valence-corrected chi connectivity index (χ2v) is 6.24. The van der Waals surface area contributed by atoms with E-state index in [1.54, 1.807) is 6.07 Å². The number of fused-ring (bicyclic) bond motifs is 4. The van der Waals surface area contributed by atoms with Crippen molar-refractivity contribution in [3.8, 4) is 0 Å². The van der Waals surface area contributed by atoms with Crippen LogP contribution >= 0.6 is 0 Å². The van der Waals surface area contributed by atoms with Crippen molar-refractivity contribution < 1.29 is 4.39 Å². The van der Waals surface area contributed by atoms with Crippen LogP contribution in [-0.2, 0) is 6.42 Å². The summed E-state index contributed by atoms with van der Waals surface area (Å²) in [5.41, 5.74) is 4.65. The number of imidazole rings is 1. The summed E-state index contributed by atoms with van der Waals surface area (Å²) in [4.78, 5) is 8.03. The number of aryl methyl sites for hydroxylation is 1. The molecule has 104 valence electrons. The molecule has 1 saturated carbocycles. The molecule has 0 radical (unpaired) electrons. The number of nitrogens with one attached hydrogen (secondary N) is 1. The van der Waals surface area contributed by atoms with Crippen LogP contribution in [0.1, 0.15) is 35.2 Å². The Morgan fingerprint density at radius 1 is 1.10 bits per heavy atom. The number of rotatable bonds is 1. The maximum atomic E-state index is 13.3. The molecule has 2 nitrogen and oxygen atoms in total. The van der Waals surface area contributed by atoms with E-state index in [-0.39, 0.29) is 5.82 Å². The van der Waals surface area contributed by atoms with Crippen LogP contribution in [-0.4, -0.2) is 9.97 Å². The van der Waals surface area contributed by atoms with E-state index in [0.29, 0.717) is 17.8 Å². The topological polar surface area (TPSA) is 28.7 Å². The molecule has 0 amide bonds. The Hall–Kier alpha value is -2.16. The third-order valence-electron chi connectivity index (χ3n) is 5.11. The molecule has 5 rings (SSSR count). The molecule has 0 aliphatic heterocycles. The summed E-state index contributed by atoms with van der Waals surface area (Å²) in [7, 11) is 0. The minimum Gasteiger partial charge on any atom is -0.342 e. The van der Waals surface area contributed by atoms with Crippen LogP contribution in [0.5, 0.6) is 0 Å². The molecule has 3 unspecified atom stereocenters. The Balaban J connectivity index is 1.57. The van der Waals surface area contributed by atoms with Gasteiger partial charge in [-0.05, 0) is 54.0 Å². The van der Waals surface area contributed by atoms with Gasteiger partial charge in [0.05, 0.1) is 11.0 Å². The lowest BCUT2D eigenvalue weighted by Crippen LogP contribution is -2.00. The van der Waals surface area contributed by atoms with Crippen molar-refractivity contribution in [3.63, 3.8) is 0 Å². The maximum Gasteiger partial charge on any atom is 0.125 e. The first-order valence-electron chi connectivity index (χ1n) is 7.54. The van der Waals surface area contributed by atoms with Gasteiger partial charge in [-0.3, -0.25) is 0 Å². The fourth-order valence-electron chi connectivity index (χ4n) is 4.10. The summed E-state index contributed by atoms with van der Waals surface area (Å²) in [5, 5.41) is 0. The highest BCUT2D eigenvalue weighted by atomic mass is 19.1. The predicted molar refractivity (Wildman–Crippen MR) is 79.8 cm³/mol. The highest BCUT2D eigenvalue weighted by molar-refractivity contribution is 5.75. The first-order chi connectivity index (χ1) is 10.3. The van der Waals surface area contributed by atoms with Crippen molar-refractivity contribution >= 4 is 11.0 Å². The smallest absolute Gasteiger partial charge is 0.125 e. The van der Waals surface area contributed by atoms with Crippen LogP contribution < -0.4 is 0 Å². The number of hydrogen-bond donors (Lipinski definition) is 1. The van der Waals surface area contributed by atoms with E-state index in [1.807, 2.05) is 0 Å². The summed E-state index contributed by atoms with van der Waals surface area (Å²) in [6.45, 7) is 0. The molecule has 0 spiro atoms. The quantitative estimate of drug-likeness (QED) is 0.712. The standard InChI is InChI=1S/C18H15FN2/c19-11-6-8-14-15(9-11)21-18(20-14)17-13-7-5-10-3-1-2-4-12(10)16(13)17/h1-4,6,8-9,13,16-17H,5,7H2,(H,20,21). The molecule has 1 N–H and O–H groups in total. The third kappa shape index (κ3) is 1.60. The first-order valence-corrected chi connectivity index (χ1v) is 7.54. The van der Waals surface area contributed by atoms with Crippen molar-refractivity contribution in [2.75, 3.05) is 0 Å². The summed E-state index contributed by atoms with van der Waals surface area (Å²) in [6.07, 6.45) is 2.40. The molecule has 0 bridgehead atoms. The summed E-state index contributed by atoms with van der Waals surface area (Å²) in [5.74, 6) is 2.59. The van der Waals surface area contributed by atoms with Crippen LogP contribution in [0.15, 0.2) is 42.5 Å². The highest BCUT2D eigenvalue weighted by Crippen LogP contribution is 2.64. The fourth-order valence-corrected chi connectivity index (χ4v) is 4.10. The van der Waals surface area contributed by atoms with Gasteiger partial charge in [0, 0.05) is 5.92 Å². The molecule has 1 fully saturated rings. The first kappa shape index (κ1) is 11.5. The Kier molecular flexibility index (Phi) is 2.16. The third-order valence-corrected chi connectivity index (χ3v) is 5.11. The van der Waals surface area contributed by atoms with E-state index in [0.717, 1.165) is 16.9 Å². The Bertz CT molecular complexity index is 851. The van der Waals surface area contributed by atoms with Crippen LogP contribution in [0, 0.1) is 11.7 Å². The van der Waals surface area contributed by atoms with E-state index in [2.05, 4.69) is 29.2 Å². The van der Waals surface area contributed by atoms with E-state index in [1.165, 1.54) is 36.1 Å². The molecule has 3 heteroatoms. The lowest BCUT2D eigenvalue weighted by atomic mass is 9.92. The molecular weight excluding hydrogens is 263 g/mol. The number of halogens is 1. The van der Waals surface area contributed by atoms with Gasteiger partial charge in [-0.15, -0.1) is 0 Å². The van der Waals surface area contributed by atoms with Gasteiger partial charge < -0.3 is 4.98 Å². The van der Waals surface area contributed by atoms with E-state index >= 15 is 0 Å². The van der Waals surface area contributed by atoms with Crippen molar-refractivity contribution in [2.45, 2.75) is 24.7 Å². The van der Waals surface area contributed by atoms with E-state index < -0.39 is 0 Å². The minimum atomic E-state index is -0.212. The van der Waals surface area contributed by atoms with Gasteiger partial charge in [-0.1, -0.05) is 24.3 Å². The SMILES string of the molecule is Fc1ccc2nc(C3C4CCc5ccccc5C43)[nH]c2c1. The van der Waals surface area contributed by atoms with Gasteiger partial charge in [0.1, 0.15) is 11.6 Å². The molecule has 2 aliphatic carbocycles. The van der Waals surface area contributed by atoms with Crippen molar-refractivity contribution in [2.24, 2.45) is 5.92 Å². The summed E-state index contributed by atoms with van der Waals surface area (Å²) in [6, 6.07) is 13.5. The van der Waals surface area contributed by atoms with Gasteiger partial charge in [-0.2, -0.15) is 0 Å². The molecule has 2 aromatic carbocycles. The largest absolute Gasteiger partial charge is 0.342 e. The average Bonchev–Trinajstić information content (AvgIpc) is 3.11. The molecular formula is C18H15FN2. The number of H-pyrrole nitrogens is 1. The molecule has 3 aromatic rings. The normalized spacial score (nSPS) is 26.4. The zero-order chi connectivity index (χ0) is 14.0. The fraction of sp³-hybridized carbons (Fsp3) is 0.278. The molecule has 0 saturated heterocycles. The Morgan fingerprint density at radius 3 is 2.95 bits per heavy atom. The summed E-state index contributed by atoms with van der Waals surface area (Å²) >= 11 is 0. The molecule has 3 atom stereocenters. The molecule has 1 heterocycles. The number of benzene rings is 2. The predicted octanol–water partition coefficient (Wildman–Crippen LogP) is 4.15. The lowest BCUT2D eigenvalue weighted by Gasteiger charge is -2.13. The zero-order valence-electron chi connectivity index (χ0n) is 11.5. The Labute approximate surface area is 122 Å². The number of hydrogen-bond acceptors (Lipinski definition) is 1. The van der Waals surface area contributed by atoms with Crippen molar-refractivity contribution in [3.05, 3.63) is 65.2 Å². The van der Waals surface area contributed by atoms with Crippen LogP contribution in [0.25, 0.3) is 11.0 Å². The molecule has 1 aromatic heterocycles. The molecule has 21 heavy (non-hydrogen) atoms. The van der Waals surface area contributed by atoms with Crippen LogP contribution in [0.4, 0.5) is 4.39 Å². The van der Waals surface area contributed by atoms with Gasteiger partial charge in [-0.25, -0.2) is 9.37 Å². The second kappa shape index (κ2) is 3.94. The minimum absolute atomic E-state index is 0.212. The number of aromatic amines is 1. The second-order valence-electron chi connectivity index (χ2n) is 6.24. The van der Waals surface area contributed by atoms with Crippen LogP contribution in [0.2, 0.25) is 0 Å². The van der Waals surface area contributed by atoms with Gasteiger partial charge in [0.2, 0.25) is 0 Å². The van der Waals surface area contributed by atoms with Crippen LogP contribution in [0.3, 0.4) is 0 Å².